The molecule has 1 saturated heterocycles. The van der Waals surface area contributed by atoms with E-state index in [1.807, 2.05) is 6.92 Å². The highest BCUT2D eigenvalue weighted by Gasteiger charge is 2.36. The van der Waals surface area contributed by atoms with Crippen LogP contribution >= 0.6 is 0 Å². The summed E-state index contributed by atoms with van der Waals surface area (Å²) in [6.45, 7) is 2.60. The number of ketones is 1. The minimum Gasteiger partial charge on any atom is -0.497 e. The number of aryl methyl sites for hydroxylation is 1. The van der Waals surface area contributed by atoms with Crippen molar-refractivity contribution in [3.8, 4) is 11.5 Å². The number of carboxylic acid groups (broad SMARTS) is 2. The second kappa shape index (κ2) is 14.6. The molecule has 0 aliphatic carbocycles. The molecule has 0 saturated carbocycles. The van der Waals surface area contributed by atoms with Gasteiger partial charge in [0.05, 0.1) is 24.8 Å². The maximum atomic E-state index is 14.2. The third-order valence-electron chi connectivity index (χ3n) is 6.84. The lowest BCUT2D eigenvalue weighted by Gasteiger charge is -2.40. The Kier molecular flexibility index (Phi) is 11.2. The molecule has 0 aromatic heterocycles. The van der Waals surface area contributed by atoms with Gasteiger partial charge in [0, 0.05) is 30.6 Å². The van der Waals surface area contributed by atoms with E-state index in [2.05, 4.69) is 0 Å². The van der Waals surface area contributed by atoms with Gasteiger partial charge in [0.2, 0.25) is 0 Å². The molecular formula is C30H33FN2O9S. The van der Waals surface area contributed by atoms with Crippen molar-refractivity contribution >= 4 is 33.4 Å². The van der Waals surface area contributed by atoms with Gasteiger partial charge in [-0.3, -0.25) is 4.79 Å². The van der Waals surface area contributed by atoms with Gasteiger partial charge in [-0.25, -0.2) is 19.0 Å². The molecule has 11 nitrogen and oxygen atoms in total. The fraction of sp³-hybridized carbons (Fsp3) is 0.300. The molecule has 0 radical (unpaired) electrons. The van der Waals surface area contributed by atoms with E-state index in [9.17, 15) is 17.6 Å². The Bertz CT molecular complexity index is 1540. The van der Waals surface area contributed by atoms with Gasteiger partial charge in [0.1, 0.15) is 17.3 Å². The van der Waals surface area contributed by atoms with Gasteiger partial charge in [-0.1, -0.05) is 13.0 Å². The van der Waals surface area contributed by atoms with Crippen molar-refractivity contribution in [1.82, 2.24) is 5.01 Å². The number of Topliss-reactive ketones (excluding diaryl/α,β-unsaturated/α-hetero) is 1. The zero-order valence-corrected chi connectivity index (χ0v) is 24.7. The zero-order chi connectivity index (χ0) is 31.7. The number of sulfonamides is 1. The number of aliphatic carboxylic acids is 2. The maximum absolute atomic E-state index is 14.2. The Morgan fingerprint density at radius 3 is 2.02 bits per heavy atom. The van der Waals surface area contributed by atoms with Crippen LogP contribution in [0.15, 0.2) is 71.6 Å². The van der Waals surface area contributed by atoms with Crippen molar-refractivity contribution in [2.75, 3.05) is 31.7 Å². The van der Waals surface area contributed by atoms with Gasteiger partial charge < -0.3 is 19.7 Å². The molecule has 4 rings (SSSR count). The van der Waals surface area contributed by atoms with Crippen molar-refractivity contribution < 1.29 is 46.9 Å². The lowest BCUT2D eigenvalue weighted by atomic mass is 9.89. The molecule has 43 heavy (non-hydrogen) atoms. The van der Waals surface area contributed by atoms with E-state index < -0.39 is 27.8 Å². The molecular weight excluding hydrogens is 583 g/mol. The lowest BCUT2D eigenvalue weighted by Crippen LogP contribution is -2.51. The number of carbonyl (C=O) groups excluding carboxylic acids is 1. The number of ether oxygens (including phenoxy) is 2. The monoisotopic (exact) mass is 616 g/mol. The summed E-state index contributed by atoms with van der Waals surface area (Å²) in [4.78, 5) is 31.4. The normalized spacial score (nSPS) is 13.8. The van der Waals surface area contributed by atoms with Crippen LogP contribution in [0.3, 0.4) is 0 Å². The molecule has 0 amide bonds. The van der Waals surface area contributed by atoms with Crippen LogP contribution in [-0.4, -0.2) is 68.7 Å². The van der Waals surface area contributed by atoms with Crippen LogP contribution < -0.4 is 13.9 Å². The number of rotatable bonds is 9. The van der Waals surface area contributed by atoms with E-state index >= 15 is 0 Å². The topological polar surface area (TPSA) is 151 Å². The Balaban J connectivity index is 0.000000765. The number of halogens is 1. The number of anilines is 1. The number of benzene rings is 3. The van der Waals surface area contributed by atoms with Crippen molar-refractivity contribution in [2.24, 2.45) is 5.92 Å². The number of carboxylic acids is 2. The third kappa shape index (κ3) is 8.08. The minimum absolute atomic E-state index is 0.0566. The summed E-state index contributed by atoms with van der Waals surface area (Å²) in [7, 11) is -0.944. The summed E-state index contributed by atoms with van der Waals surface area (Å²) in [6, 6.07) is 17.4. The molecule has 230 valence electrons. The molecule has 0 atom stereocenters. The Labute approximate surface area is 249 Å². The first kappa shape index (κ1) is 33.0. The van der Waals surface area contributed by atoms with Crippen LogP contribution in [0.4, 0.5) is 10.1 Å². The summed E-state index contributed by atoms with van der Waals surface area (Å²) in [5, 5.41) is 16.5. The number of carbonyl (C=O) groups is 3. The average Bonchev–Trinajstić information content (AvgIpc) is 3.01. The molecule has 2 N–H and O–H groups in total. The van der Waals surface area contributed by atoms with Crippen molar-refractivity contribution in [3.63, 3.8) is 0 Å². The number of hydrogen-bond donors (Lipinski definition) is 2. The summed E-state index contributed by atoms with van der Waals surface area (Å²) >= 11 is 0. The van der Waals surface area contributed by atoms with E-state index in [0.29, 0.717) is 60.7 Å². The molecule has 3 aromatic carbocycles. The molecule has 3 aromatic rings. The molecule has 1 aliphatic rings. The first-order chi connectivity index (χ1) is 20.4. The SMILES string of the molecule is CCc1cc(OC)ccc1S(=O)(=O)N(c1cccc(OC)c1)N1CCC(C(=O)c2ccc(F)cc2)CC1.O=C(O)C(=O)O. The van der Waals surface area contributed by atoms with Gasteiger partial charge in [-0.15, -0.1) is 0 Å². The fourth-order valence-corrected chi connectivity index (χ4v) is 6.47. The average molecular weight is 617 g/mol. The highest BCUT2D eigenvalue weighted by molar-refractivity contribution is 7.92. The summed E-state index contributed by atoms with van der Waals surface area (Å²) in [5.74, 6) is -3.25. The fourth-order valence-electron chi connectivity index (χ4n) is 4.65. The van der Waals surface area contributed by atoms with E-state index in [4.69, 9.17) is 29.3 Å². The Morgan fingerprint density at radius 1 is 0.907 bits per heavy atom. The highest BCUT2D eigenvalue weighted by Crippen LogP contribution is 2.34. The van der Waals surface area contributed by atoms with Gasteiger partial charge in [0.15, 0.2) is 5.78 Å². The van der Waals surface area contributed by atoms with Gasteiger partial charge in [-0.05, 0) is 79.4 Å². The lowest BCUT2D eigenvalue weighted by molar-refractivity contribution is -0.159. The van der Waals surface area contributed by atoms with Crippen molar-refractivity contribution in [2.45, 2.75) is 31.1 Å². The van der Waals surface area contributed by atoms with Crippen LogP contribution in [0, 0.1) is 11.7 Å². The molecule has 0 unspecified atom stereocenters. The van der Waals surface area contributed by atoms with Gasteiger partial charge in [0.25, 0.3) is 10.0 Å². The zero-order valence-electron chi connectivity index (χ0n) is 23.9. The molecule has 13 heteroatoms. The number of piperidine rings is 1. The number of hydrogen-bond acceptors (Lipinski definition) is 8. The van der Waals surface area contributed by atoms with Gasteiger partial charge >= 0.3 is 11.9 Å². The predicted molar refractivity (Wildman–Crippen MR) is 155 cm³/mol. The maximum Gasteiger partial charge on any atom is 0.414 e. The van der Waals surface area contributed by atoms with Crippen LogP contribution in [0.25, 0.3) is 0 Å². The molecule has 0 spiro atoms. The van der Waals surface area contributed by atoms with Crippen molar-refractivity contribution in [3.05, 3.63) is 83.7 Å². The number of methoxy groups -OCH3 is 2. The minimum atomic E-state index is -4.02. The highest BCUT2D eigenvalue weighted by atomic mass is 32.2. The first-order valence-corrected chi connectivity index (χ1v) is 14.7. The Morgan fingerprint density at radius 2 is 1.49 bits per heavy atom. The summed E-state index contributed by atoms with van der Waals surface area (Å²) in [6.07, 6.45) is 1.44. The quantitative estimate of drug-likeness (QED) is 0.264. The molecule has 1 heterocycles. The van der Waals surface area contributed by atoms with Gasteiger partial charge in [-0.2, -0.15) is 12.8 Å². The largest absolute Gasteiger partial charge is 0.497 e. The number of hydrazine groups is 1. The van der Waals surface area contributed by atoms with E-state index in [0.717, 1.165) is 0 Å². The standard InChI is InChI=1S/C28H31FN2O5S.C2H2O4/c1-4-20-18-26(36-3)12-13-27(20)37(33,34)31(24-6-5-7-25(19-24)35-2)30-16-14-22(15-17-30)28(32)21-8-10-23(29)11-9-21;3-1(4)2(5)6/h5-13,18-19,22H,4,14-17H2,1-3H3;(H,3,4)(H,5,6). The van der Waals surface area contributed by atoms with Crippen molar-refractivity contribution in [1.29, 1.82) is 0 Å². The smallest absolute Gasteiger partial charge is 0.414 e. The second-order valence-electron chi connectivity index (χ2n) is 9.49. The van der Waals surface area contributed by atoms with Crippen LogP contribution in [0.5, 0.6) is 11.5 Å². The van der Waals surface area contributed by atoms with E-state index in [1.165, 1.54) is 35.8 Å². The van der Waals surface area contributed by atoms with E-state index in [-0.39, 0.29) is 16.6 Å². The number of nitrogens with zero attached hydrogens (tertiary/aromatic N) is 2. The van der Waals surface area contributed by atoms with Crippen LogP contribution in [-0.2, 0) is 26.0 Å². The summed E-state index contributed by atoms with van der Waals surface area (Å²) < 4.78 is 53.7. The van der Waals surface area contributed by atoms with E-state index in [1.54, 1.807) is 54.6 Å². The predicted octanol–water partition coefficient (Wildman–Crippen LogP) is 4.27. The van der Waals surface area contributed by atoms with Crippen LogP contribution in [0.2, 0.25) is 0 Å². The molecule has 1 aliphatic heterocycles. The molecule has 0 bridgehead atoms. The Hall–Kier alpha value is -4.49. The summed E-state index contributed by atoms with van der Waals surface area (Å²) in [5.41, 5.74) is 1.55. The van der Waals surface area contributed by atoms with Crippen LogP contribution in [0.1, 0.15) is 35.7 Å². The second-order valence-corrected chi connectivity index (χ2v) is 11.2. The molecule has 1 fully saturated rings. The first-order valence-electron chi connectivity index (χ1n) is 13.3. The third-order valence-corrected chi connectivity index (χ3v) is 8.69.